The number of hydrogen-bond acceptors (Lipinski definition) is 1. The van der Waals surface area contributed by atoms with Crippen molar-refractivity contribution in [2.75, 3.05) is 0 Å². The van der Waals surface area contributed by atoms with Gasteiger partial charge in [0.1, 0.15) is 0 Å². The molecule has 25 heavy (non-hydrogen) atoms. The van der Waals surface area contributed by atoms with E-state index in [9.17, 15) is 0 Å². The van der Waals surface area contributed by atoms with E-state index >= 15 is 0 Å². The molecule has 1 aliphatic rings. The van der Waals surface area contributed by atoms with Gasteiger partial charge in [-0.3, -0.25) is 0 Å². The highest BCUT2D eigenvalue weighted by atomic mass is 14.4. The SMILES string of the molecule is CCCCC(=N)c1cc2ccccc2cc1C1=C(C)C(C)=C(C)C1C. The second-order valence-electron chi connectivity index (χ2n) is 7.40. The summed E-state index contributed by atoms with van der Waals surface area (Å²) in [6.45, 7) is 11.2. The zero-order valence-electron chi connectivity index (χ0n) is 16.2. The minimum Gasteiger partial charge on any atom is -0.305 e. The van der Waals surface area contributed by atoms with Crippen molar-refractivity contribution < 1.29 is 0 Å². The standard InChI is InChI=1S/C24H29N/c1-6-7-12-23(25)21-13-19-10-8-9-11-20(19)14-22(21)24-17(4)15(2)16(3)18(24)5/h8-11,13-14,17,25H,6-7,12H2,1-5H3. The van der Waals surface area contributed by atoms with E-state index in [1.807, 2.05) is 0 Å². The van der Waals surface area contributed by atoms with Crippen LogP contribution < -0.4 is 0 Å². The van der Waals surface area contributed by atoms with E-state index in [1.165, 1.54) is 38.6 Å². The molecular formula is C24H29N. The Morgan fingerprint density at radius 2 is 1.64 bits per heavy atom. The lowest BCUT2D eigenvalue weighted by molar-refractivity contribution is 0.832. The Morgan fingerprint density at radius 3 is 2.20 bits per heavy atom. The van der Waals surface area contributed by atoms with Gasteiger partial charge >= 0.3 is 0 Å². The molecule has 1 atom stereocenters. The van der Waals surface area contributed by atoms with Gasteiger partial charge < -0.3 is 5.41 Å². The van der Waals surface area contributed by atoms with Crippen LogP contribution in [-0.2, 0) is 0 Å². The second kappa shape index (κ2) is 7.00. The lowest BCUT2D eigenvalue weighted by Crippen LogP contribution is -2.07. The molecule has 2 aromatic rings. The van der Waals surface area contributed by atoms with Gasteiger partial charge in [0.05, 0.1) is 0 Å². The van der Waals surface area contributed by atoms with Crippen molar-refractivity contribution in [2.45, 2.75) is 53.9 Å². The number of rotatable bonds is 5. The van der Waals surface area contributed by atoms with Crippen LogP contribution in [-0.4, -0.2) is 5.71 Å². The summed E-state index contributed by atoms with van der Waals surface area (Å²) >= 11 is 0. The van der Waals surface area contributed by atoms with Crippen molar-refractivity contribution >= 4 is 22.1 Å². The van der Waals surface area contributed by atoms with Gasteiger partial charge in [0.2, 0.25) is 0 Å². The van der Waals surface area contributed by atoms with E-state index in [0.717, 1.165) is 30.5 Å². The zero-order chi connectivity index (χ0) is 18.1. The van der Waals surface area contributed by atoms with Crippen LogP contribution in [0.2, 0.25) is 0 Å². The predicted molar refractivity (Wildman–Crippen MR) is 110 cm³/mol. The van der Waals surface area contributed by atoms with Crippen molar-refractivity contribution in [2.24, 2.45) is 5.92 Å². The lowest BCUT2D eigenvalue weighted by Gasteiger charge is -2.19. The molecule has 0 saturated carbocycles. The number of allylic oxidation sites excluding steroid dienone is 4. The Labute approximate surface area is 152 Å². The highest BCUT2D eigenvalue weighted by Gasteiger charge is 2.27. The Morgan fingerprint density at radius 1 is 1.00 bits per heavy atom. The van der Waals surface area contributed by atoms with Crippen LogP contribution in [0.1, 0.15) is 65.0 Å². The number of unbranched alkanes of at least 4 members (excludes halogenated alkanes) is 1. The van der Waals surface area contributed by atoms with Gasteiger partial charge in [-0.25, -0.2) is 0 Å². The van der Waals surface area contributed by atoms with Gasteiger partial charge in [0, 0.05) is 17.2 Å². The first-order valence-electron chi connectivity index (χ1n) is 9.45. The Bertz CT molecular complexity index is 895. The van der Waals surface area contributed by atoms with Crippen LogP contribution >= 0.6 is 0 Å². The lowest BCUT2D eigenvalue weighted by atomic mass is 9.85. The van der Waals surface area contributed by atoms with Crippen molar-refractivity contribution in [3.63, 3.8) is 0 Å². The summed E-state index contributed by atoms with van der Waals surface area (Å²) in [5.41, 5.74) is 8.85. The topological polar surface area (TPSA) is 23.9 Å². The Balaban J connectivity index is 2.21. The smallest absolute Gasteiger partial charge is 0.0392 e. The predicted octanol–water partition coefficient (Wildman–Crippen LogP) is 7.16. The molecule has 2 aromatic carbocycles. The van der Waals surface area contributed by atoms with Crippen molar-refractivity contribution in [3.05, 3.63) is 64.2 Å². The fraction of sp³-hybridized carbons (Fsp3) is 0.375. The minimum atomic E-state index is 0.430. The molecule has 0 amide bonds. The molecule has 1 heteroatoms. The third-order valence-electron chi connectivity index (χ3n) is 5.92. The van der Waals surface area contributed by atoms with E-state index in [1.54, 1.807) is 0 Å². The maximum Gasteiger partial charge on any atom is 0.0392 e. The van der Waals surface area contributed by atoms with Crippen molar-refractivity contribution in [3.8, 4) is 0 Å². The molecule has 0 spiro atoms. The summed E-state index contributed by atoms with van der Waals surface area (Å²) in [5.74, 6) is 0.430. The van der Waals surface area contributed by atoms with Crippen molar-refractivity contribution in [1.29, 1.82) is 5.41 Å². The first-order chi connectivity index (χ1) is 12.0. The molecule has 1 aliphatic carbocycles. The van der Waals surface area contributed by atoms with Gasteiger partial charge in [-0.1, -0.05) is 50.1 Å². The number of nitrogens with one attached hydrogen (secondary N) is 1. The van der Waals surface area contributed by atoms with E-state index in [4.69, 9.17) is 5.41 Å². The van der Waals surface area contributed by atoms with Crippen LogP contribution in [0.25, 0.3) is 16.3 Å². The van der Waals surface area contributed by atoms with Crippen LogP contribution in [0.4, 0.5) is 0 Å². The highest BCUT2D eigenvalue weighted by molar-refractivity contribution is 6.07. The van der Waals surface area contributed by atoms with Crippen molar-refractivity contribution in [1.82, 2.24) is 0 Å². The first kappa shape index (κ1) is 17.7. The molecule has 0 aromatic heterocycles. The second-order valence-corrected chi connectivity index (χ2v) is 7.40. The maximum atomic E-state index is 8.71. The summed E-state index contributed by atoms with van der Waals surface area (Å²) in [4.78, 5) is 0. The molecule has 0 fully saturated rings. The molecule has 0 heterocycles. The largest absolute Gasteiger partial charge is 0.305 e. The van der Waals surface area contributed by atoms with Gasteiger partial charge in [-0.15, -0.1) is 0 Å². The first-order valence-corrected chi connectivity index (χ1v) is 9.45. The van der Waals surface area contributed by atoms with Gasteiger partial charge in [0.25, 0.3) is 0 Å². The number of hydrogen-bond donors (Lipinski definition) is 1. The summed E-state index contributed by atoms with van der Waals surface area (Å²) in [5, 5.41) is 11.2. The van der Waals surface area contributed by atoms with E-state index in [-0.39, 0.29) is 0 Å². The fourth-order valence-electron chi connectivity index (χ4n) is 4.00. The summed E-state index contributed by atoms with van der Waals surface area (Å²) in [7, 11) is 0. The third-order valence-corrected chi connectivity index (χ3v) is 5.92. The Hall–Kier alpha value is -2.15. The summed E-state index contributed by atoms with van der Waals surface area (Å²) in [6, 6.07) is 13.1. The summed E-state index contributed by atoms with van der Waals surface area (Å²) < 4.78 is 0. The van der Waals surface area contributed by atoms with E-state index in [0.29, 0.717) is 5.92 Å². The van der Waals surface area contributed by atoms with E-state index in [2.05, 4.69) is 71.0 Å². The number of benzene rings is 2. The van der Waals surface area contributed by atoms with Crippen LogP contribution in [0, 0.1) is 11.3 Å². The fourth-order valence-corrected chi connectivity index (χ4v) is 4.00. The molecule has 1 unspecified atom stereocenters. The molecule has 1 nitrogen and oxygen atoms in total. The van der Waals surface area contributed by atoms with Crippen LogP contribution in [0.3, 0.4) is 0 Å². The number of fused-ring (bicyclic) bond motifs is 1. The quantitative estimate of drug-likeness (QED) is 0.562. The average molecular weight is 332 g/mol. The van der Waals surface area contributed by atoms with Gasteiger partial charge in [-0.05, 0) is 78.8 Å². The third kappa shape index (κ3) is 3.08. The van der Waals surface area contributed by atoms with E-state index < -0.39 is 0 Å². The average Bonchev–Trinajstić information content (AvgIpc) is 2.81. The van der Waals surface area contributed by atoms with Crippen LogP contribution in [0.15, 0.2) is 53.1 Å². The molecule has 0 bridgehead atoms. The maximum absolute atomic E-state index is 8.71. The van der Waals surface area contributed by atoms with Gasteiger partial charge in [-0.2, -0.15) is 0 Å². The zero-order valence-corrected chi connectivity index (χ0v) is 16.2. The molecular weight excluding hydrogens is 302 g/mol. The molecule has 0 aliphatic heterocycles. The molecule has 0 saturated heterocycles. The van der Waals surface area contributed by atoms with Gasteiger partial charge in [0.15, 0.2) is 0 Å². The summed E-state index contributed by atoms with van der Waals surface area (Å²) in [6.07, 6.45) is 3.06. The van der Waals surface area contributed by atoms with Crippen LogP contribution in [0.5, 0.6) is 0 Å². The Kier molecular flexibility index (Phi) is 4.94. The molecule has 130 valence electrons. The highest BCUT2D eigenvalue weighted by Crippen LogP contribution is 2.44. The molecule has 3 rings (SSSR count). The minimum absolute atomic E-state index is 0.430. The normalized spacial score (nSPS) is 17.7. The monoisotopic (exact) mass is 331 g/mol. The molecule has 0 radical (unpaired) electrons. The molecule has 1 N–H and O–H groups in total.